The maximum atomic E-state index is 12.3. The second-order valence-electron chi connectivity index (χ2n) is 4.46. The van der Waals surface area contributed by atoms with E-state index in [4.69, 9.17) is 5.73 Å². The Balaban J connectivity index is 2.63. The quantitative estimate of drug-likeness (QED) is 0.795. The molecule has 0 aromatic rings. The van der Waals surface area contributed by atoms with Gasteiger partial charge in [-0.2, -0.15) is 13.2 Å². The van der Waals surface area contributed by atoms with E-state index >= 15 is 0 Å². The number of hydrogen-bond acceptors (Lipinski definition) is 2. The van der Waals surface area contributed by atoms with E-state index in [0.717, 1.165) is 32.1 Å². The van der Waals surface area contributed by atoms with Gasteiger partial charge in [0.05, 0.1) is 6.54 Å². The predicted octanol–water partition coefficient (Wildman–Crippen LogP) is 2.14. The van der Waals surface area contributed by atoms with Gasteiger partial charge in [0.25, 0.3) is 0 Å². The van der Waals surface area contributed by atoms with Crippen LogP contribution in [0.25, 0.3) is 0 Å². The van der Waals surface area contributed by atoms with E-state index in [1.54, 1.807) is 0 Å². The lowest BCUT2D eigenvalue weighted by molar-refractivity contribution is -0.157. The third-order valence-corrected chi connectivity index (χ3v) is 3.39. The van der Waals surface area contributed by atoms with Crippen molar-refractivity contribution >= 4 is 0 Å². The summed E-state index contributed by atoms with van der Waals surface area (Å²) in [6, 6.07) is 0. The van der Waals surface area contributed by atoms with Gasteiger partial charge in [-0.3, -0.25) is 4.90 Å². The number of nitrogens with two attached hydrogens (primary N) is 1. The Kier molecular flexibility index (Phi) is 4.00. The molecule has 2 N–H and O–H groups in total. The topological polar surface area (TPSA) is 29.3 Å². The van der Waals surface area contributed by atoms with E-state index < -0.39 is 18.3 Å². The fraction of sp³-hybridized carbons (Fsp3) is 1.00. The summed E-state index contributed by atoms with van der Waals surface area (Å²) in [5.41, 5.74) is 5.23. The average molecular weight is 224 g/mol. The van der Waals surface area contributed by atoms with Crippen LogP contribution in [0.5, 0.6) is 0 Å². The van der Waals surface area contributed by atoms with Crippen molar-refractivity contribution in [1.82, 2.24) is 4.90 Å². The second-order valence-corrected chi connectivity index (χ2v) is 4.46. The molecule has 0 aromatic carbocycles. The van der Waals surface area contributed by atoms with Crippen molar-refractivity contribution in [2.45, 2.75) is 43.8 Å². The highest BCUT2D eigenvalue weighted by atomic mass is 19.4. The molecule has 1 aliphatic rings. The molecule has 0 unspecified atom stereocenters. The molecule has 5 heteroatoms. The van der Waals surface area contributed by atoms with E-state index in [-0.39, 0.29) is 0 Å². The number of halogens is 3. The Bertz CT molecular complexity index is 197. The Labute approximate surface area is 88.6 Å². The van der Waals surface area contributed by atoms with Crippen LogP contribution in [-0.4, -0.2) is 36.8 Å². The van der Waals surface area contributed by atoms with E-state index in [1.165, 1.54) is 11.9 Å². The fourth-order valence-corrected chi connectivity index (χ4v) is 2.39. The van der Waals surface area contributed by atoms with Crippen molar-refractivity contribution in [3.05, 3.63) is 0 Å². The summed E-state index contributed by atoms with van der Waals surface area (Å²) in [5.74, 6) is 0. The van der Waals surface area contributed by atoms with Crippen LogP contribution in [0.3, 0.4) is 0 Å². The Morgan fingerprint density at radius 1 is 1.20 bits per heavy atom. The molecule has 0 spiro atoms. The first-order valence-corrected chi connectivity index (χ1v) is 5.38. The second kappa shape index (κ2) is 4.70. The first-order valence-electron chi connectivity index (χ1n) is 5.38. The minimum Gasteiger partial charge on any atom is -0.329 e. The summed E-state index contributed by atoms with van der Waals surface area (Å²) in [4.78, 5) is 1.40. The molecule has 0 aliphatic heterocycles. The molecule has 1 rings (SSSR count). The minimum absolute atomic E-state index is 0.319. The van der Waals surface area contributed by atoms with E-state index in [1.807, 2.05) is 0 Å². The van der Waals surface area contributed by atoms with Gasteiger partial charge in [0.2, 0.25) is 0 Å². The van der Waals surface area contributed by atoms with Crippen molar-refractivity contribution in [3.63, 3.8) is 0 Å². The lowest BCUT2D eigenvalue weighted by atomic mass is 9.80. The number of alkyl halides is 3. The van der Waals surface area contributed by atoms with Crippen LogP contribution < -0.4 is 5.73 Å². The predicted molar refractivity (Wildman–Crippen MR) is 53.6 cm³/mol. The molecule has 0 bridgehead atoms. The van der Waals surface area contributed by atoms with Crippen LogP contribution in [0, 0.1) is 0 Å². The molecule has 0 radical (unpaired) electrons. The number of nitrogens with zero attached hydrogens (tertiary/aromatic N) is 1. The van der Waals surface area contributed by atoms with Gasteiger partial charge >= 0.3 is 6.18 Å². The largest absolute Gasteiger partial charge is 0.401 e. The van der Waals surface area contributed by atoms with E-state index in [2.05, 4.69) is 0 Å². The maximum absolute atomic E-state index is 12.3. The van der Waals surface area contributed by atoms with Crippen LogP contribution in [0.2, 0.25) is 0 Å². The smallest absolute Gasteiger partial charge is 0.329 e. The normalized spacial score (nSPS) is 22.0. The standard InChI is InChI=1S/C10H19F3N2/c1-15(8-10(11,12)13)9(7-14)5-3-2-4-6-9/h2-8,14H2,1H3. The first kappa shape index (κ1) is 12.8. The molecule has 15 heavy (non-hydrogen) atoms. The molecule has 1 fully saturated rings. The van der Waals surface area contributed by atoms with Crippen molar-refractivity contribution in [1.29, 1.82) is 0 Å². The molecule has 1 saturated carbocycles. The highest BCUT2D eigenvalue weighted by molar-refractivity contribution is 4.93. The molecular formula is C10H19F3N2. The highest BCUT2D eigenvalue weighted by Crippen LogP contribution is 2.33. The average Bonchev–Trinajstić information content (AvgIpc) is 2.16. The van der Waals surface area contributed by atoms with Crippen molar-refractivity contribution in [2.75, 3.05) is 20.1 Å². The summed E-state index contributed by atoms with van der Waals surface area (Å²) in [6.07, 6.45) is 0.529. The summed E-state index contributed by atoms with van der Waals surface area (Å²) >= 11 is 0. The molecule has 2 nitrogen and oxygen atoms in total. The van der Waals surface area contributed by atoms with Gasteiger partial charge in [0, 0.05) is 12.1 Å². The number of likely N-dealkylation sites (N-methyl/N-ethyl adjacent to an activating group) is 1. The van der Waals surface area contributed by atoms with Gasteiger partial charge < -0.3 is 5.73 Å². The van der Waals surface area contributed by atoms with Gasteiger partial charge in [0.15, 0.2) is 0 Å². The zero-order valence-corrected chi connectivity index (χ0v) is 9.11. The summed E-state index contributed by atoms with van der Waals surface area (Å²) in [5, 5.41) is 0. The molecule has 1 aliphatic carbocycles. The lowest BCUT2D eigenvalue weighted by Gasteiger charge is -2.44. The summed E-state index contributed by atoms with van der Waals surface area (Å²) in [6.45, 7) is -0.538. The van der Waals surface area contributed by atoms with E-state index in [9.17, 15) is 13.2 Å². The van der Waals surface area contributed by atoms with Crippen LogP contribution in [0.15, 0.2) is 0 Å². The Morgan fingerprint density at radius 3 is 2.13 bits per heavy atom. The van der Waals surface area contributed by atoms with Gasteiger partial charge in [-0.05, 0) is 19.9 Å². The monoisotopic (exact) mass is 224 g/mol. The zero-order valence-electron chi connectivity index (χ0n) is 9.11. The van der Waals surface area contributed by atoms with Crippen LogP contribution in [-0.2, 0) is 0 Å². The number of rotatable bonds is 3. The van der Waals surface area contributed by atoms with Crippen LogP contribution in [0.1, 0.15) is 32.1 Å². The molecule has 0 heterocycles. The molecule has 90 valence electrons. The molecular weight excluding hydrogens is 205 g/mol. The van der Waals surface area contributed by atoms with Crippen molar-refractivity contribution in [2.24, 2.45) is 5.73 Å². The third-order valence-electron chi connectivity index (χ3n) is 3.39. The van der Waals surface area contributed by atoms with Crippen molar-refractivity contribution in [3.8, 4) is 0 Å². The molecule has 0 atom stereocenters. The molecule has 0 amide bonds. The highest BCUT2D eigenvalue weighted by Gasteiger charge is 2.40. The van der Waals surface area contributed by atoms with Crippen molar-refractivity contribution < 1.29 is 13.2 Å². The van der Waals surface area contributed by atoms with Gasteiger partial charge in [-0.25, -0.2) is 0 Å². The zero-order chi connectivity index (χ0) is 11.5. The number of hydrogen-bond donors (Lipinski definition) is 1. The molecule has 0 saturated heterocycles. The van der Waals surface area contributed by atoms with Gasteiger partial charge in [-0.1, -0.05) is 19.3 Å². The maximum Gasteiger partial charge on any atom is 0.401 e. The van der Waals surface area contributed by atoms with Crippen LogP contribution >= 0.6 is 0 Å². The van der Waals surface area contributed by atoms with Gasteiger partial charge in [-0.15, -0.1) is 0 Å². The molecule has 0 aromatic heterocycles. The summed E-state index contributed by atoms with van der Waals surface area (Å²) < 4.78 is 36.9. The van der Waals surface area contributed by atoms with Crippen LogP contribution in [0.4, 0.5) is 13.2 Å². The first-order chi connectivity index (χ1) is 6.90. The Hall–Kier alpha value is -0.290. The Morgan fingerprint density at radius 2 is 1.73 bits per heavy atom. The lowest BCUT2D eigenvalue weighted by Crippen LogP contribution is -2.55. The fourth-order valence-electron chi connectivity index (χ4n) is 2.39. The van der Waals surface area contributed by atoms with E-state index in [0.29, 0.717) is 6.54 Å². The van der Waals surface area contributed by atoms with Gasteiger partial charge in [0.1, 0.15) is 0 Å². The minimum atomic E-state index is -4.13. The SMILES string of the molecule is CN(CC(F)(F)F)C1(CN)CCCCC1. The summed E-state index contributed by atoms with van der Waals surface area (Å²) in [7, 11) is 1.53. The third kappa shape index (κ3) is 3.34.